The molecule has 2 aromatic rings. The van der Waals surface area contributed by atoms with E-state index in [0.717, 1.165) is 37.6 Å². The minimum atomic E-state index is 0.776. The third-order valence-corrected chi connectivity index (χ3v) is 4.30. The van der Waals surface area contributed by atoms with Crippen LogP contribution in [-0.4, -0.2) is 32.2 Å². The monoisotopic (exact) mass is 309 g/mol. The van der Waals surface area contributed by atoms with E-state index in [1.165, 1.54) is 16.7 Å². The van der Waals surface area contributed by atoms with Crippen LogP contribution >= 0.6 is 0 Å². The molecule has 2 aromatic carbocycles. The van der Waals surface area contributed by atoms with Crippen molar-refractivity contribution in [2.75, 3.05) is 27.3 Å². The SMILES string of the molecule is COc1ccc(C2=CCN(Cc3ccccc3)CC2)cc1OC. The van der Waals surface area contributed by atoms with Gasteiger partial charge in [-0.2, -0.15) is 0 Å². The van der Waals surface area contributed by atoms with Crippen molar-refractivity contribution in [3.63, 3.8) is 0 Å². The Bertz CT molecular complexity index is 679. The molecule has 0 N–H and O–H groups in total. The van der Waals surface area contributed by atoms with Crippen LogP contribution < -0.4 is 9.47 Å². The van der Waals surface area contributed by atoms with Gasteiger partial charge in [0.1, 0.15) is 0 Å². The van der Waals surface area contributed by atoms with Gasteiger partial charge < -0.3 is 9.47 Å². The molecule has 0 aliphatic carbocycles. The first-order valence-electron chi connectivity index (χ1n) is 7.98. The van der Waals surface area contributed by atoms with Gasteiger partial charge in [-0.05, 0) is 35.3 Å². The summed E-state index contributed by atoms with van der Waals surface area (Å²) in [6.45, 7) is 3.07. The maximum atomic E-state index is 5.41. The summed E-state index contributed by atoms with van der Waals surface area (Å²) in [6.07, 6.45) is 3.38. The molecule has 120 valence electrons. The highest BCUT2D eigenvalue weighted by Crippen LogP contribution is 2.32. The number of nitrogens with zero attached hydrogens (tertiary/aromatic N) is 1. The largest absolute Gasteiger partial charge is 0.493 e. The molecule has 0 spiro atoms. The van der Waals surface area contributed by atoms with Crippen LogP contribution in [0.15, 0.2) is 54.6 Å². The fourth-order valence-corrected chi connectivity index (χ4v) is 2.99. The maximum absolute atomic E-state index is 5.41. The van der Waals surface area contributed by atoms with E-state index >= 15 is 0 Å². The number of hydrogen-bond acceptors (Lipinski definition) is 3. The third kappa shape index (κ3) is 3.74. The second-order valence-electron chi connectivity index (χ2n) is 5.77. The highest BCUT2D eigenvalue weighted by atomic mass is 16.5. The molecule has 3 nitrogen and oxygen atoms in total. The Morgan fingerprint density at radius 3 is 2.39 bits per heavy atom. The summed E-state index contributed by atoms with van der Waals surface area (Å²) in [5, 5.41) is 0. The van der Waals surface area contributed by atoms with Gasteiger partial charge in [-0.25, -0.2) is 0 Å². The van der Waals surface area contributed by atoms with Gasteiger partial charge in [-0.3, -0.25) is 4.90 Å². The minimum absolute atomic E-state index is 0.776. The summed E-state index contributed by atoms with van der Waals surface area (Å²) in [5.74, 6) is 1.57. The Balaban J connectivity index is 1.69. The Morgan fingerprint density at radius 2 is 1.74 bits per heavy atom. The first kappa shape index (κ1) is 15.6. The van der Waals surface area contributed by atoms with Gasteiger partial charge in [0.05, 0.1) is 14.2 Å². The smallest absolute Gasteiger partial charge is 0.161 e. The standard InChI is InChI=1S/C20H23NO2/c1-22-19-9-8-18(14-20(19)23-2)17-10-12-21(13-11-17)15-16-6-4-3-5-7-16/h3-10,14H,11-13,15H2,1-2H3. The summed E-state index contributed by atoms with van der Waals surface area (Å²) in [5.41, 5.74) is 3.98. The fourth-order valence-electron chi connectivity index (χ4n) is 2.99. The Hall–Kier alpha value is -2.26. The summed E-state index contributed by atoms with van der Waals surface area (Å²) < 4.78 is 10.7. The first-order valence-corrected chi connectivity index (χ1v) is 7.98. The molecule has 0 bridgehead atoms. The summed E-state index contributed by atoms with van der Waals surface area (Å²) >= 11 is 0. The van der Waals surface area contributed by atoms with Crippen LogP contribution in [0.1, 0.15) is 17.5 Å². The van der Waals surface area contributed by atoms with Crippen molar-refractivity contribution in [3.05, 3.63) is 65.7 Å². The minimum Gasteiger partial charge on any atom is -0.493 e. The lowest BCUT2D eigenvalue weighted by Crippen LogP contribution is -2.27. The second kappa shape index (κ2) is 7.34. The van der Waals surface area contributed by atoms with E-state index < -0.39 is 0 Å². The van der Waals surface area contributed by atoms with Crippen LogP contribution in [0.25, 0.3) is 5.57 Å². The Kier molecular flexibility index (Phi) is 4.99. The van der Waals surface area contributed by atoms with Gasteiger partial charge >= 0.3 is 0 Å². The van der Waals surface area contributed by atoms with Crippen LogP contribution in [0, 0.1) is 0 Å². The van der Waals surface area contributed by atoms with E-state index in [9.17, 15) is 0 Å². The molecule has 1 aliphatic rings. The Labute approximate surface area is 138 Å². The van der Waals surface area contributed by atoms with E-state index in [-0.39, 0.29) is 0 Å². The van der Waals surface area contributed by atoms with Crippen LogP contribution in [0.3, 0.4) is 0 Å². The zero-order chi connectivity index (χ0) is 16.1. The van der Waals surface area contributed by atoms with Crippen molar-refractivity contribution in [3.8, 4) is 11.5 Å². The van der Waals surface area contributed by atoms with Crippen molar-refractivity contribution in [2.24, 2.45) is 0 Å². The van der Waals surface area contributed by atoms with Crippen LogP contribution in [0.5, 0.6) is 11.5 Å². The molecule has 3 rings (SSSR count). The van der Waals surface area contributed by atoms with E-state index in [1.807, 2.05) is 6.07 Å². The van der Waals surface area contributed by atoms with E-state index in [1.54, 1.807) is 14.2 Å². The highest BCUT2D eigenvalue weighted by molar-refractivity contribution is 5.69. The number of rotatable bonds is 5. The molecular formula is C20H23NO2. The van der Waals surface area contributed by atoms with Crippen molar-refractivity contribution in [1.82, 2.24) is 4.90 Å². The molecule has 1 heterocycles. The average Bonchev–Trinajstić information content (AvgIpc) is 2.62. The van der Waals surface area contributed by atoms with Gasteiger partial charge in [0.2, 0.25) is 0 Å². The quantitative estimate of drug-likeness (QED) is 0.833. The lowest BCUT2D eigenvalue weighted by molar-refractivity contribution is 0.294. The lowest BCUT2D eigenvalue weighted by atomic mass is 9.98. The average molecular weight is 309 g/mol. The fraction of sp³-hybridized carbons (Fsp3) is 0.300. The topological polar surface area (TPSA) is 21.7 Å². The van der Waals surface area contributed by atoms with Crippen molar-refractivity contribution < 1.29 is 9.47 Å². The van der Waals surface area contributed by atoms with Crippen LogP contribution in [0.4, 0.5) is 0 Å². The molecule has 0 fully saturated rings. The molecule has 0 saturated heterocycles. The number of ether oxygens (including phenoxy) is 2. The van der Waals surface area contributed by atoms with Crippen molar-refractivity contribution in [2.45, 2.75) is 13.0 Å². The summed E-state index contributed by atoms with van der Waals surface area (Å²) in [4.78, 5) is 2.47. The molecule has 1 aliphatic heterocycles. The predicted molar refractivity (Wildman–Crippen MR) is 93.9 cm³/mol. The first-order chi connectivity index (χ1) is 11.3. The normalized spacial score (nSPS) is 15.1. The number of benzene rings is 2. The molecule has 3 heteroatoms. The second-order valence-corrected chi connectivity index (χ2v) is 5.77. The van der Waals surface area contributed by atoms with Crippen LogP contribution in [0.2, 0.25) is 0 Å². The zero-order valence-corrected chi connectivity index (χ0v) is 13.8. The summed E-state index contributed by atoms with van der Waals surface area (Å²) in [6, 6.07) is 16.8. The molecule has 23 heavy (non-hydrogen) atoms. The number of methoxy groups -OCH3 is 2. The molecule has 0 atom stereocenters. The lowest BCUT2D eigenvalue weighted by Gasteiger charge is -2.26. The van der Waals surface area contributed by atoms with Gasteiger partial charge in [0, 0.05) is 19.6 Å². The molecule has 0 unspecified atom stereocenters. The Morgan fingerprint density at radius 1 is 0.957 bits per heavy atom. The summed E-state index contributed by atoms with van der Waals surface area (Å²) in [7, 11) is 3.34. The molecular weight excluding hydrogens is 286 g/mol. The molecule has 0 radical (unpaired) electrons. The van der Waals surface area contributed by atoms with Gasteiger partial charge in [0.25, 0.3) is 0 Å². The maximum Gasteiger partial charge on any atom is 0.161 e. The van der Waals surface area contributed by atoms with Gasteiger partial charge in [-0.15, -0.1) is 0 Å². The van der Waals surface area contributed by atoms with E-state index in [0.29, 0.717) is 0 Å². The highest BCUT2D eigenvalue weighted by Gasteiger charge is 2.14. The molecule has 0 saturated carbocycles. The van der Waals surface area contributed by atoms with Crippen molar-refractivity contribution in [1.29, 1.82) is 0 Å². The van der Waals surface area contributed by atoms with E-state index in [2.05, 4.69) is 53.4 Å². The van der Waals surface area contributed by atoms with Crippen LogP contribution in [-0.2, 0) is 6.54 Å². The van der Waals surface area contributed by atoms with Gasteiger partial charge in [-0.1, -0.05) is 42.5 Å². The molecule has 0 amide bonds. The van der Waals surface area contributed by atoms with Crippen molar-refractivity contribution >= 4 is 5.57 Å². The van der Waals surface area contributed by atoms with Gasteiger partial charge in [0.15, 0.2) is 11.5 Å². The third-order valence-electron chi connectivity index (χ3n) is 4.30. The predicted octanol–water partition coefficient (Wildman–Crippen LogP) is 3.99. The van der Waals surface area contributed by atoms with E-state index in [4.69, 9.17) is 9.47 Å². The number of hydrogen-bond donors (Lipinski definition) is 0. The molecule has 0 aromatic heterocycles. The zero-order valence-electron chi connectivity index (χ0n) is 13.8.